The van der Waals surface area contributed by atoms with E-state index >= 15 is 0 Å². The fourth-order valence-electron chi connectivity index (χ4n) is 2.12. The molecule has 0 unspecified atom stereocenters. The zero-order valence-corrected chi connectivity index (χ0v) is 13.3. The van der Waals surface area contributed by atoms with Crippen molar-refractivity contribution in [2.24, 2.45) is 0 Å². The van der Waals surface area contributed by atoms with Crippen LogP contribution in [-0.4, -0.2) is 18.6 Å². The van der Waals surface area contributed by atoms with Crippen molar-refractivity contribution < 1.29 is 0 Å². The minimum atomic E-state index is 0.907. The van der Waals surface area contributed by atoms with Crippen LogP contribution in [0.15, 0.2) is 29.0 Å². The van der Waals surface area contributed by atoms with Crippen molar-refractivity contribution >= 4 is 17.2 Å². The van der Waals surface area contributed by atoms with Gasteiger partial charge in [-0.3, -0.25) is 0 Å². The van der Waals surface area contributed by atoms with E-state index in [1.54, 1.807) is 11.3 Å². The molecule has 0 aliphatic carbocycles. The van der Waals surface area contributed by atoms with E-state index in [1.165, 1.54) is 11.1 Å². The van der Waals surface area contributed by atoms with Crippen LogP contribution in [0.2, 0.25) is 0 Å². The molecule has 0 atom stereocenters. The first-order chi connectivity index (χ1) is 9.72. The lowest BCUT2D eigenvalue weighted by Crippen LogP contribution is -2.19. The molecule has 1 N–H and O–H groups in total. The van der Waals surface area contributed by atoms with E-state index < -0.39 is 0 Å². The van der Waals surface area contributed by atoms with Gasteiger partial charge in [-0.15, -0.1) is 0 Å². The molecule has 3 nitrogen and oxygen atoms in total. The maximum atomic E-state index is 4.74. The van der Waals surface area contributed by atoms with Crippen molar-refractivity contribution in [3.05, 3.63) is 45.8 Å². The van der Waals surface area contributed by atoms with E-state index in [1.807, 2.05) is 0 Å². The van der Waals surface area contributed by atoms with Crippen LogP contribution in [0.4, 0.5) is 5.82 Å². The van der Waals surface area contributed by atoms with Gasteiger partial charge >= 0.3 is 0 Å². The van der Waals surface area contributed by atoms with Crippen LogP contribution in [0.5, 0.6) is 0 Å². The Labute approximate surface area is 125 Å². The smallest absolute Gasteiger partial charge is 0.129 e. The van der Waals surface area contributed by atoms with Crippen molar-refractivity contribution in [2.45, 2.75) is 33.4 Å². The Kier molecular flexibility index (Phi) is 5.56. The van der Waals surface area contributed by atoms with Crippen molar-refractivity contribution in [3.8, 4) is 0 Å². The number of hydrogen-bond donors (Lipinski definition) is 1. The number of nitrogens with one attached hydrogen (secondary N) is 1. The number of nitrogens with zero attached hydrogens (tertiary/aromatic N) is 2. The molecule has 0 aliphatic heterocycles. The summed E-state index contributed by atoms with van der Waals surface area (Å²) in [5, 5.41) is 7.70. The van der Waals surface area contributed by atoms with E-state index in [9.17, 15) is 0 Å². The Balaban J connectivity index is 2.16. The summed E-state index contributed by atoms with van der Waals surface area (Å²) in [7, 11) is 2.11. The highest BCUT2D eigenvalue weighted by atomic mass is 32.1. The summed E-state index contributed by atoms with van der Waals surface area (Å²) < 4.78 is 0. The second-order valence-corrected chi connectivity index (χ2v) is 5.73. The predicted octanol–water partition coefficient (Wildman–Crippen LogP) is 3.45. The summed E-state index contributed by atoms with van der Waals surface area (Å²) in [4.78, 5) is 6.96. The van der Waals surface area contributed by atoms with Gasteiger partial charge in [0.15, 0.2) is 0 Å². The third-order valence-electron chi connectivity index (χ3n) is 3.26. The molecular weight excluding hydrogens is 266 g/mol. The summed E-state index contributed by atoms with van der Waals surface area (Å²) in [5.41, 5.74) is 3.81. The summed E-state index contributed by atoms with van der Waals surface area (Å²) in [5.74, 6) is 1.06. The summed E-state index contributed by atoms with van der Waals surface area (Å²) in [6, 6.07) is 6.56. The van der Waals surface area contributed by atoms with Gasteiger partial charge in [-0.1, -0.05) is 13.8 Å². The molecule has 0 aliphatic rings. The first kappa shape index (κ1) is 15.0. The molecule has 2 aromatic heterocycles. The first-order valence-electron chi connectivity index (χ1n) is 7.15. The number of aryl methyl sites for hydroxylation is 1. The molecule has 2 aromatic rings. The third kappa shape index (κ3) is 4.05. The Hall–Kier alpha value is -1.39. The highest BCUT2D eigenvalue weighted by Gasteiger charge is 2.07. The monoisotopic (exact) mass is 289 g/mol. The van der Waals surface area contributed by atoms with E-state index in [0.717, 1.165) is 37.6 Å². The number of rotatable bonds is 7. The van der Waals surface area contributed by atoms with Crippen LogP contribution >= 0.6 is 11.3 Å². The molecule has 0 bridgehead atoms. The lowest BCUT2D eigenvalue weighted by molar-refractivity contribution is 0.723. The molecule has 2 rings (SSSR count). The molecule has 0 spiro atoms. The lowest BCUT2D eigenvalue weighted by Gasteiger charge is -2.19. The molecule has 20 heavy (non-hydrogen) atoms. The van der Waals surface area contributed by atoms with Crippen molar-refractivity contribution in [2.75, 3.05) is 18.5 Å². The maximum absolute atomic E-state index is 4.74. The zero-order valence-electron chi connectivity index (χ0n) is 12.5. The van der Waals surface area contributed by atoms with E-state index in [0.29, 0.717) is 0 Å². The molecule has 0 amide bonds. The van der Waals surface area contributed by atoms with Gasteiger partial charge in [0.2, 0.25) is 0 Å². The fourth-order valence-corrected chi connectivity index (χ4v) is 2.78. The Morgan fingerprint density at radius 3 is 2.75 bits per heavy atom. The standard InChI is InChI=1S/C16H23N3S/c1-4-15-8-14(10-17-5-2)9-16(18-15)19(3)11-13-6-7-20-12-13/h6-9,12,17H,4-5,10-11H2,1-3H3. The molecule has 0 saturated carbocycles. The van der Waals surface area contributed by atoms with Crippen LogP contribution in [0.3, 0.4) is 0 Å². The number of pyridine rings is 1. The molecule has 108 valence electrons. The van der Waals surface area contributed by atoms with Gasteiger partial charge in [0.05, 0.1) is 0 Å². The van der Waals surface area contributed by atoms with Crippen LogP contribution in [0, 0.1) is 0 Å². The van der Waals surface area contributed by atoms with E-state index in [4.69, 9.17) is 4.98 Å². The average molecular weight is 289 g/mol. The van der Waals surface area contributed by atoms with Crippen LogP contribution in [-0.2, 0) is 19.5 Å². The van der Waals surface area contributed by atoms with Gasteiger partial charge in [0.1, 0.15) is 5.82 Å². The number of anilines is 1. The van der Waals surface area contributed by atoms with Crippen molar-refractivity contribution in [3.63, 3.8) is 0 Å². The fraction of sp³-hybridized carbons (Fsp3) is 0.438. The minimum absolute atomic E-state index is 0.907. The average Bonchev–Trinajstić information content (AvgIpc) is 2.97. The van der Waals surface area contributed by atoms with Gasteiger partial charge in [0, 0.05) is 25.8 Å². The minimum Gasteiger partial charge on any atom is -0.355 e. The van der Waals surface area contributed by atoms with E-state index in [-0.39, 0.29) is 0 Å². The second-order valence-electron chi connectivity index (χ2n) is 4.95. The normalized spacial score (nSPS) is 10.8. The molecule has 2 heterocycles. The Bertz CT molecular complexity index is 523. The van der Waals surface area contributed by atoms with Gasteiger partial charge in [-0.25, -0.2) is 4.98 Å². The molecule has 0 fully saturated rings. The predicted molar refractivity (Wildman–Crippen MR) is 87.4 cm³/mol. The Morgan fingerprint density at radius 1 is 1.25 bits per heavy atom. The quantitative estimate of drug-likeness (QED) is 0.846. The zero-order chi connectivity index (χ0) is 14.4. The topological polar surface area (TPSA) is 28.2 Å². The van der Waals surface area contributed by atoms with Crippen LogP contribution < -0.4 is 10.2 Å². The molecule has 4 heteroatoms. The maximum Gasteiger partial charge on any atom is 0.129 e. The highest BCUT2D eigenvalue weighted by Crippen LogP contribution is 2.18. The Morgan fingerprint density at radius 2 is 2.10 bits per heavy atom. The van der Waals surface area contributed by atoms with Gasteiger partial charge < -0.3 is 10.2 Å². The highest BCUT2D eigenvalue weighted by molar-refractivity contribution is 7.07. The molecule has 0 aromatic carbocycles. The van der Waals surface area contributed by atoms with Gasteiger partial charge in [-0.2, -0.15) is 11.3 Å². The summed E-state index contributed by atoms with van der Waals surface area (Å²) >= 11 is 1.74. The second kappa shape index (κ2) is 7.41. The largest absolute Gasteiger partial charge is 0.355 e. The van der Waals surface area contributed by atoms with Gasteiger partial charge in [0.25, 0.3) is 0 Å². The number of aromatic nitrogens is 1. The number of hydrogen-bond acceptors (Lipinski definition) is 4. The van der Waals surface area contributed by atoms with Crippen molar-refractivity contribution in [1.29, 1.82) is 0 Å². The SMILES string of the molecule is CCNCc1cc(CC)nc(N(C)Cc2ccsc2)c1. The molecular formula is C16H23N3S. The van der Waals surface area contributed by atoms with Crippen LogP contribution in [0.1, 0.15) is 30.7 Å². The lowest BCUT2D eigenvalue weighted by atomic mass is 10.2. The van der Waals surface area contributed by atoms with E-state index in [2.05, 4.69) is 60.1 Å². The summed E-state index contributed by atoms with van der Waals surface area (Å²) in [6.07, 6.45) is 0.971. The van der Waals surface area contributed by atoms with Gasteiger partial charge in [-0.05, 0) is 53.1 Å². The molecule has 0 radical (unpaired) electrons. The number of thiophene rings is 1. The van der Waals surface area contributed by atoms with Crippen LogP contribution in [0.25, 0.3) is 0 Å². The first-order valence-corrected chi connectivity index (χ1v) is 8.10. The summed E-state index contributed by atoms with van der Waals surface area (Å²) in [6.45, 7) is 7.09. The molecule has 0 saturated heterocycles. The third-order valence-corrected chi connectivity index (χ3v) is 3.99. The van der Waals surface area contributed by atoms with Crippen molar-refractivity contribution in [1.82, 2.24) is 10.3 Å².